The van der Waals surface area contributed by atoms with Crippen LogP contribution in [-0.4, -0.2) is 16.1 Å². The summed E-state index contributed by atoms with van der Waals surface area (Å²) in [6, 6.07) is 3.40. The molecule has 1 aromatic heterocycles. The van der Waals surface area contributed by atoms with Gasteiger partial charge in [0.25, 0.3) is 0 Å². The molecule has 1 heterocycles. The SMILES string of the molecule is CCCCCn1nc(-c2ccc(F)c(F)c2)c(C=O)c1N. The van der Waals surface area contributed by atoms with E-state index in [0.717, 1.165) is 31.4 Å². The number of anilines is 1. The first kappa shape index (κ1) is 15.2. The van der Waals surface area contributed by atoms with Gasteiger partial charge in [-0.15, -0.1) is 0 Å². The highest BCUT2D eigenvalue weighted by atomic mass is 19.2. The average Bonchev–Trinajstić information content (AvgIpc) is 2.79. The Kier molecular flexibility index (Phi) is 4.67. The topological polar surface area (TPSA) is 60.9 Å². The number of unbranched alkanes of at least 4 members (excludes halogenated alkanes) is 2. The van der Waals surface area contributed by atoms with E-state index in [1.165, 1.54) is 10.7 Å². The van der Waals surface area contributed by atoms with E-state index in [2.05, 4.69) is 12.0 Å². The standard InChI is InChI=1S/C15H17F2N3O/c1-2-3-4-7-20-15(18)11(9-21)14(19-20)10-5-6-12(16)13(17)8-10/h5-6,8-9H,2-4,7,18H2,1H3. The van der Waals surface area contributed by atoms with Crippen molar-refractivity contribution in [2.45, 2.75) is 32.7 Å². The average molecular weight is 293 g/mol. The highest BCUT2D eigenvalue weighted by molar-refractivity contribution is 5.91. The van der Waals surface area contributed by atoms with Crippen LogP contribution in [0, 0.1) is 11.6 Å². The molecule has 2 rings (SSSR count). The van der Waals surface area contributed by atoms with Gasteiger partial charge in [0.2, 0.25) is 0 Å². The molecule has 0 saturated heterocycles. The van der Waals surface area contributed by atoms with Crippen molar-refractivity contribution >= 4 is 12.1 Å². The van der Waals surface area contributed by atoms with Crippen molar-refractivity contribution in [3.05, 3.63) is 35.4 Å². The number of rotatable bonds is 6. The van der Waals surface area contributed by atoms with Crippen LogP contribution in [0.3, 0.4) is 0 Å². The minimum Gasteiger partial charge on any atom is -0.383 e. The van der Waals surface area contributed by atoms with E-state index in [0.29, 0.717) is 18.4 Å². The summed E-state index contributed by atoms with van der Waals surface area (Å²) in [5, 5.41) is 4.26. The molecule has 0 saturated carbocycles. The lowest BCUT2D eigenvalue weighted by Crippen LogP contribution is -2.05. The van der Waals surface area contributed by atoms with Crippen molar-refractivity contribution in [1.29, 1.82) is 0 Å². The number of hydrogen-bond donors (Lipinski definition) is 1. The van der Waals surface area contributed by atoms with Gasteiger partial charge < -0.3 is 5.73 Å². The minimum absolute atomic E-state index is 0.206. The van der Waals surface area contributed by atoms with Gasteiger partial charge in [-0.3, -0.25) is 4.79 Å². The van der Waals surface area contributed by atoms with Gasteiger partial charge >= 0.3 is 0 Å². The fourth-order valence-corrected chi connectivity index (χ4v) is 2.14. The van der Waals surface area contributed by atoms with Crippen LogP contribution >= 0.6 is 0 Å². The summed E-state index contributed by atoms with van der Waals surface area (Å²) >= 11 is 0. The normalized spacial score (nSPS) is 10.8. The molecule has 0 amide bonds. The molecule has 2 N–H and O–H groups in total. The molecule has 21 heavy (non-hydrogen) atoms. The number of aldehydes is 1. The Morgan fingerprint density at radius 3 is 2.67 bits per heavy atom. The number of carbonyl (C=O) groups excluding carboxylic acids is 1. The maximum absolute atomic E-state index is 13.3. The third-order valence-electron chi connectivity index (χ3n) is 3.31. The summed E-state index contributed by atoms with van der Waals surface area (Å²) in [5.74, 6) is -1.67. The maximum atomic E-state index is 13.3. The fourth-order valence-electron chi connectivity index (χ4n) is 2.14. The predicted octanol–water partition coefficient (Wildman–Crippen LogP) is 3.41. The summed E-state index contributed by atoms with van der Waals surface area (Å²) in [7, 11) is 0. The first-order valence-electron chi connectivity index (χ1n) is 6.85. The first-order valence-corrected chi connectivity index (χ1v) is 6.85. The smallest absolute Gasteiger partial charge is 0.159 e. The van der Waals surface area contributed by atoms with E-state index < -0.39 is 11.6 Å². The van der Waals surface area contributed by atoms with Gasteiger partial charge in [0, 0.05) is 12.1 Å². The predicted molar refractivity (Wildman–Crippen MR) is 76.9 cm³/mol. The van der Waals surface area contributed by atoms with Gasteiger partial charge in [-0.25, -0.2) is 13.5 Å². The number of benzene rings is 1. The zero-order chi connectivity index (χ0) is 15.4. The highest BCUT2D eigenvalue weighted by Gasteiger charge is 2.17. The summed E-state index contributed by atoms with van der Waals surface area (Å²) in [6.07, 6.45) is 3.56. The zero-order valence-corrected chi connectivity index (χ0v) is 11.8. The number of aryl methyl sites for hydroxylation is 1. The third-order valence-corrected chi connectivity index (χ3v) is 3.31. The van der Waals surface area contributed by atoms with E-state index in [1.54, 1.807) is 0 Å². The maximum Gasteiger partial charge on any atom is 0.159 e. The second kappa shape index (κ2) is 6.47. The molecule has 0 spiro atoms. The minimum atomic E-state index is -0.983. The Morgan fingerprint density at radius 1 is 1.29 bits per heavy atom. The van der Waals surface area contributed by atoms with Crippen LogP contribution in [0.5, 0.6) is 0 Å². The summed E-state index contributed by atoms with van der Waals surface area (Å²) in [5.41, 5.74) is 6.72. The Labute approximate surface area is 121 Å². The van der Waals surface area contributed by atoms with Crippen molar-refractivity contribution < 1.29 is 13.6 Å². The lowest BCUT2D eigenvalue weighted by atomic mass is 10.1. The van der Waals surface area contributed by atoms with Crippen LogP contribution in [-0.2, 0) is 6.54 Å². The third kappa shape index (κ3) is 3.09. The fraction of sp³-hybridized carbons (Fsp3) is 0.333. The Bertz CT molecular complexity index is 653. The Balaban J connectivity index is 2.40. The molecule has 0 aliphatic heterocycles. The summed E-state index contributed by atoms with van der Waals surface area (Å²) in [6.45, 7) is 2.67. The number of nitrogens with zero attached hydrogens (tertiary/aromatic N) is 2. The van der Waals surface area contributed by atoms with Crippen molar-refractivity contribution in [3.8, 4) is 11.3 Å². The molecule has 6 heteroatoms. The molecular formula is C15H17F2N3O. The van der Waals surface area contributed by atoms with E-state index in [9.17, 15) is 13.6 Å². The van der Waals surface area contributed by atoms with Gasteiger partial charge in [-0.2, -0.15) is 5.10 Å². The quantitative estimate of drug-likeness (QED) is 0.656. The number of carbonyl (C=O) groups is 1. The molecule has 4 nitrogen and oxygen atoms in total. The number of hydrogen-bond acceptors (Lipinski definition) is 3. The highest BCUT2D eigenvalue weighted by Crippen LogP contribution is 2.27. The molecule has 112 valence electrons. The lowest BCUT2D eigenvalue weighted by molar-refractivity contribution is 0.112. The van der Waals surface area contributed by atoms with Crippen molar-refractivity contribution in [2.24, 2.45) is 0 Å². The number of nitrogens with two attached hydrogens (primary N) is 1. The second-order valence-corrected chi connectivity index (χ2v) is 4.82. The molecule has 0 atom stereocenters. The van der Waals surface area contributed by atoms with Crippen LogP contribution in [0.2, 0.25) is 0 Å². The van der Waals surface area contributed by atoms with E-state index >= 15 is 0 Å². The second-order valence-electron chi connectivity index (χ2n) is 4.82. The Morgan fingerprint density at radius 2 is 2.05 bits per heavy atom. The molecule has 2 aromatic rings. The summed E-state index contributed by atoms with van der Waals surface area (Å²) < 4.78 is 27.9. The monoisotopic (exact) mass is 293 g/mol. The largest absolute Gasteiger partial charge is 0.383 e. The van der Waals surface area contributed by atoms with Crippen molar-refractivity contribution in [1.82, 2.24) is 9.78 Å². The van der Waals surface area contributed by atoms with Crippen LogP contribution < -0.4 is 5.73 Å². The van der Waals surface area contributed by atoms with Crippen molar-refractivity contribution in [2.75, 3.05) is 5.73 Å². The molecule has 0 bridgehead atoms. The number of nitrogen functional groups attached to an aromatic ring is 1. The molecule has 0 unspecified atom stereocenters. The molecule has 1 aromatic carbocycles. The van der Waals surface area contributed by atoms with Gasteiger partial charge in [0.1, 0.15) is 11.5 Å². The first-order chi connectivity index (χ1) is 10.1. The van der Waals surface area contributed by atoms with Crippen LogP contribution in [0.15, 0.2) is 18.2 Å². The van der Waals surface area contributed by atoms with Crippen LogP contribution in [0.1, 0.15) is 36.5 Å². The number of halogens is 2. The van der Waals surface area contributed by atoms with Crippen LogP contribution in [0.4, 0.5) is 14.6 Å². The van der Waals surface area contributed by atoms with E-state index in [1.807, 2.05) is 0 Å². The molecular weight excluding hydrogens is 276 g/mol. The van der Waals surface area contributed by atoms with Gasteiger partial charge in [0.15, 0.2) is 17.9 Å². The number of aromatic nitrogens is 2. The van der Waals surface area contributed by atoms with Gasteiger partial charge in [0.05, 0.1) is 5.56 Å². The summed E-state index contributed by atoms with van der Waals surface area (Å²) in [4.78, 5) is 11.2. The molecule has 0 aliphatic carbocycles. The van der Waals surface area contributed by atoms with Crippen molar-refractivity contribution in [3.63, 3.8) is 0 Å². The Hall–Kier alpha value is -2.24. The van der Waals surface area contributed by atoms with Gasteiger partial charge in [-0.1, -0.05) is 19.8 Å². The van der Waals surface area contributed by atoms with E-state index in [4.69, 9.17) is 5.73 Å². The molecule has 0 radical (unpaired) electrons. The zero-order valence-electron chi connectivity index (χ0n) is 11.8. The van der Waals surface area contributed by atoms with Gasteiger partial charge in [-0.05, 0) is 24.6 Å². The lowest BCUT2D eigenvalue weighted by Gasteiger charge is -2.02. The molecule has 0 aliphatic rings. The van der Waals surface area contributed by atoms with Crippen LogP contribution in [0.25, 0.3) is 11.3 Å². The van der Waals surface area contributed by atoms with E-state index in [-0.39, 0.29) is 17.1 Å². The molecule has 0 fully saturated rings.